The summed E-state index contributed by atoms with van der Waals surface area (Å²) < 4.78 is 5.54. The summed E-state index contributed by atoms with van der Waals surface area (Å²) in [5.74, 6) is 0.0114. The van der Waals surface area contributed by atoms with Crippen LogP contribution in [0.2, 0.25) is 10.0 Å². The van der Waals surface area contributed by atoms with Crippen LogP contribution in [0.4, 0.5) is 0 Å². The summed E-state index contributed by atoms with van der Waals surface area (Å²) in [5.41, 5.74) is 0.0291. The van der Waals surface area contributed by atoms with Gasteiger partial charge in [-0.05, 0) is 36.6 Å². The average molecular weight is 450 g/mol. The van der Waals surface area contributed by atoms with Gasteiger partial charge in [0.05, 0.1) is 10.0 Å². The van der Waals surface area contributed by atoms with Crippen LogP contribution >= 0.6 is 23.2 Å². The lowest BCUT2D eigenvalue weighted by atomic mass is 9.80. The van der Waals surface area contributed by atoms with Gasteiger partial charge in [0.15, 0.2) is 6.61 Å². The second kappa shape index (κ2) is 10.1. The molecule has 1 aliphatic rings. The summed E-state index contributed by atoms with van der Waals surface area (Å²) >= 11 is 11.9. The summed E-state index contributed by atoms with van der Waals surface area (Å²) in [4.78, 5) is 31.7. The standard InChI is InChI=1S/C22H25Cl2N3O3/c1-27(14-16-6-5-11-25-13-16)21(29)22(9-3-2-4-10-22)26-20(28)15-30-17-7-8-18(23)19(24)12-17/h5-8,11-13H,2-4,9-10,14-15H2,1H3,(H,26,28). The van der Waals surface area contributed by atoms with Crippen LogP contribution in [0.25, 0.3) is 0 Å². The number of benzene rings is 1. The first-order valence-corrected chi connectivity index (χ1v) is 10.7. The highest BCUT2D eigenvalue weighted by atomic mass is 35.5. The second-order valence-corrected chi connectivity index (χ2v) is 8.39. The summed E-state index contributed by atoms with van der Waals surface area (Å²) in [5, 5.41) is 3.73. The molecule has 0 aliphatic heterocycles. The summed E-state index contributed by atoms with van der Waals surface area (Å²) in [7, 11) is 1.75. The van der Waals surface area contributed by atoms with Crippen molar-refractivity contribution < 1.29 is 14.3 Å². The Morgan fingerprint density at radius 1 is 1.17 bits per heavy atom. The van der Waals surface area contributed by atoms with Crippen molar-refractivity contribution >= 4 is 35.0 Å². The van der Waals surface area contributed by atoms with Gasteiger partial charge in [-0.1, -0.05) is 48.5 Å². The molecule has 1 heterocycles. The van der Waals surface area contributed by atoms with Crippen LogP contribution in [0, 0.1) is 0 Å². The van der Waals surface area contributed by atoms with E-state index >= 15 is 0 Å². The zero-order valence-electron chi connectivity index (χ0n) is 16.9. The first kappa shape index (κ1) is 22.4. The number of amides is 2. The normalized spacial score (nSPS) is 15.3. The quantitative estimate of drug-likeness (QED) is 0.685. The minimum atomic E-state index is -0.909. The van der Waals surface area contributed by atoms with Crippen LogP contribution in [-0.2, 0) is 16.1 Å². The third kappa shape index (κ3) is 5.64. The van der Waals surface area contributed by atoms with Crippen LogP contribution in [-0.4, -0.2) is 40.9 Å². The zero-order valence-corrected chi connectivity index (χ0v) is 18.4. The molecule has 0 saturated heterocycles. The highest BCUT2D eigenvalue weighted by molar-refractivity contribution is 6.42. The van der Waals surface area contributed by atoms with E-state index in [1.54, 1.807) is 42.5 Å². The molecule has 0 radical (unpaired) electrons. The molecule has 2 amide bonds. The van der Waals surface area contributed by atoms with Crippen LogP contribution in [0.5, 0.6) is 5.75 Å². The molecule has 3 rings (SSSR count). The molecule has 1 aromatic heterocycles. The molecular weight excluding hydrogens is 425 g/mol. The minimum absolute atomic E-state index is 0.0889. The average Bonchev–Trinajstić information content (AvgIpc) is 2.75. The Kier molecular flexibility index (Phi) is 7.56. The van der Waals surface area contributed by atoms with E-state index in [2.05, 4.69) is 10.3 Å². The van der Waals surface area contributed by atoms with Crippen LogP contribution in [0.3, 0.4) is 0 Å². The van der Waals surface area contributed by atoms with Crippen LogP contribution in [0.1, 0.15) is 37.7 Å². The maximum atomic E-state index is 13.3. The Morgan fingerprint density at radius 3 is 2.60 bits per heavy atom. The molecule has 2 aromatic rings. The van der Waals surface area contributed by atoms with Gasteiger partial charge in [-0.2, -0.15) is 0 Å². The third-order valence-electron chi connectivity index (χ3n) is 5.25. The highest BCUT2D eigenvalue weighted by Crippen LogP contribution is 2.31. The van der Waals surface area contributed by atoms with E-state index in [-0.39, 0.29) is 18.4 Å². The number of nitrogens with zero attached hydrogens (tertiary/aromatic N) is 2. The Bertz CT molecular complexity index is 886. The van der Waals surface area contributed by atoms with E-state index < -0.39 is 5.54 Å². The number of hydrogen-bond acceptors (Lipinski definition) is 4. The van der Waals surface area contributed by atoms with Crippen molar-refractivity contribution in [2.45, 2.75) is 44.2 Å². The first-order chi connectivity index (χ1) is 14.4. The molecule has 1 N–H and O–H groups in total. The molecule has 6 nitrogen and oxygen atoms in total. The predicted molar refractivity (Wildman–Crippen MR) is 117 cm³/mol. The topological polar surface area (TPSA) is 71.5 Å². The molecule has 30 heavy (non-hydrogen) atoms. The molecule has 0 spiro atoms. The molecule has 1 fully saturated rings. The molecule has 0 atom stereocenters. The first-order valence-electron chi connectivity index (χ1n) is 9.93. The van der Waals surface area contributed by atoms with Crippen molar-refractivity contribution in [3.05, 3.63) is 58.3 Å². The zero-order chi connectivity index (χ0) is 21.6. The summed E-state index contributed by atoms with van der Waals surface area (Å²) in [6.45, 7) is 0.226. The fourth-order valence-corrected chi connectivity index (χ4v) is 4.06. The Balaban J connectivity index is 1.65. The van der Waals surface area contributed by atoms with Crippen molar-refractivity contribution in [1.29, 1.82) is 0 Å². The number of likely N-dealkylation sites (N-methyl/N-ethyl adjacent to an activating group) is 1. The molecule has 1 saturated carbocycles. The van der Waals surface area contributed by atoms with E-state index in [1.807, 2.05) is 12.1 Å². The van der Waals surface area contributed by atoms with Gasteiger partial charge in [-0.3, -0.25) is 14.6 Å². The van der Waals surface area contributed by atoms with E-state index in [4.69, 9.17) is 27.9 Å². The van der Waals surface area contributed by atoms with Crippen LogP contribution in [0.15, 0.2) is 42.7 Å². The fourth-order valence-electron chi connectivity index (χ4n) is 3.77. The minimum Gasteiger partial charge on any atom is -0.484 e. The molecule has 1 aromatic carbocycles. The fraction of sp³-hybridized carbons (Fsp3) is 0.409. The van der Waals surface area contributed by atoms with Gasteiger partial charge in [-0.25, -0.2) is 0 Å². The van der Waals surface area contributed by atoms with Gasteiger partial charge in [-0.15, -0.1) is 0 Å². The molecule has 0 bridgehead atoms. The number of pyridine rings is 1. The van der Waals surface area contributed by atoms with Gasteiger partial charge in [0, 0.05) is 32.1 Å². The summed E-state index contributed by atoms with van der Waals surface area (Å²) in [6.07, 6.45) is 7.49. The molecule has 0 unspecified atom stereocenters. The van der Waals surface area contributed by atoms with Crippen molar-refractivity contribution in [2.75, 3.05) is 13.7 Å². The van der Waals surface area contributed by atoms with Crippen molar-refractivity contribution in [3.63, 3.8) is 0 Å². The highest BCUT2D eigenvalue weighted by Gasteiger charge is 2.42. The number of carbonyl (C=O) groups excluding carboxylic acids is 2. The lowest BCUT2D eigenvalue weighted by Crippen LogP contribution is -2.60. The van der Waals surface area contributed by atoms with E-state index in [0.29, 0.717) is 35.2 Å². The number of halogens is 2. The maximum Gasteiger partial charge on any atom is 0.258 e. The van der Waals surface area contributed by atoms with Gasteiger partial charge >= 0.3 is 0 Å². The number of carbonyl (C=O) groups is 2. The van der Waals surface area contributed by atoms with Gasteiger partial charge < -0.3 is 15.0 Å². The van der Waals surface area contributed by atoms with Crippen molar-refractivity contribution in [2.24, 2.45) is 0 Å². The van der Waals surface area contributed by atoms with E-state index in [0.717, 1.165) is 24.8 Å². The monoisotopic (exact) mass is 449 g/mol. The number of rotatable bonds is 7. The molecule has 160 valence electrons. The number of ether oxygens (including phenoxy) is 1. The second-order valence-electron chi connectivity index (χ2n) is 7.58. The number of aromatic nitrogens is 1. The predicted octanol–water partition coefficient (Wildman–Crippen LogP) is 4.24. The molecular formula is C22H25Cl2N3O3. The van der Waals surface area contributed by atoms with Crippen molar-refractivity contribution in [3.8, 4) is 5.75 Å². The number of hydrogen-bond donors (Lipinski definition) is 1. The lowest BCUT2D eigenvalue weighted by Gasteiger charge is -2.39. The van der Waals surface area contributed by atoms with Crippen LogP contribution < -0.4 is 10.1 Å². The van der Waals surface area contributed by atoms with Crippen molar-refractivity contribution in [1.82, 2.24) is 15.2 Å². The van der Waals surface area contributed by atoms with E-state index in [9.17, 15) is 9.59 Å². The Labute approximate surface area is 186 Å². The molecule has 1 aliphatic carbocycles. The SMILES string of the molecule is CN(Cc1cccnc1)C(=O)C1(NC(=O)COc2ccc(Cl)c(Cl)c2)CCCCC1. The number of nitrogens with one attached hydrogen (secondary N) is 1. The van der Waals surface area contributed by atoms with Gasteiger partial charge in [0.2, 0.25) is 5.91 Å². The lowest BCUT2D eigenvalue weighted by molar-refractivity contribution is -0.143. The van der Waals surface area contributed by atoms with Gasteiger partial charge in [0.25, 0.3) is 5.91 Å². The largest absolute Gasteiger partial charge is 0.484 e. The summed E-state index contributed by atoms with van der Waals surface area (Å²) in [6, 6.07) is 8.57. The Morgan fingerprint density at radius 2 is 1.93 bits per heavy atom. The maximum absolute atomic E-state index is 13.3. The van der Waals surface area contributed by atoms with E-state index in [1.165, 1.54) is 0 Å². The smallest absolute Gasteiger partial charge is 0.258 e. The molecule has 8 heteroatoms. The van der Waals surface area contributed by atoms with Gasteiger partial charge in [0.1, 0.15) is 11.3 Å². The third-order valence-corrected chi connectivity index (χ3v) is 5.98. The Hall–Kier alpha value is -2.31.